The summed E-state index contributed by atoms with van der Waals surface area (Å²) in [7, 11) is 0. The predicted octanol–water partition coefficient (Wildman–Crippen LogP) is 3.15. The second-order valence-electron chi connectivity index (χ2n) is 6.78. The lowest BCUT2D eigenvalue weighted by Crippen LogP contribution is -2.53. The molecule has 3 heteroatoms. The molecule has 2 aliphatic carbocycles. The summed E-state index contributed by atoms with van der Waals surface area (Å²) in [6, 6.07) is 4.78. The minimum Gasteiger partial charge on any atom is -0.468 e. The summed E-state index contributed by atoms with van der Waals surface area (Å²) in [5.41, 5.74) is 6.69. The van der Waals surface area contributed by atoms with E-state index in [0.29, 0.717) is 0 Å². The summed E-state index contributed by atoms with van der Waals surface area (Å²) in [4.78, 5) is 2.55. The summed E-state index contributed by atoms with van der Waals surface area (Å²) < 4.78 is 5.50. The van der Waals surface area contributed by atoms with E-state index in [0.717, 1.165) is 30.8 Å². The summed E-state index contributed by atoms with van der Waals surface area (Å²) in [5.74, 6) is 1.85. The predicted molar refractivity (Wildman–Crippen MR) is 76.7 cm³/mol. The van der Waals surface area contributed by atoms with E-state index in [1.54, 1.807) is 6.26 Å². The van der Waals surface area contributed by atoms with E-state index in [4.69, 9.17) is 10.2 Å². The highest BCUT2D eigenvalue weighted by molar-refractivity contribution is 5.02. The lowest BCUT2D eigenvalue weighted by molar-refractivity contribution is 0.133. The number of hydrogen-bond acceptors (Lipinski definition) is 3. The van der Waals surface area contributed by atoms with Crippen molar-refractivity contribution in [1.82, 2.24) is 4.90 Å². The molecule has 2 unspecified atom stereocenters. The van der Waals surface area contributed by atoms with Crippen LogP contribution in [-0.2, 0) is 6.54 Å². The molecule has 19 heavy (non-hydrogen) atoms. The quantitative estimate of drug-likeness (QED) is 0.886. The molecule has 1 heterocycles. The van der Waals surface area contributed by atoms with E-state index in [1.165, 1.54) is 38.5 Å². The van der Waals surface area contributed by atoms with Crippen molar-refractivity contribution in [2.75, 3.05) is 6.54 Å². The molecule has 1 aromatic heterocycles. The van der Waals surface area contributed by atoms with Gasteiger partial charge in [0.2, 0.25) is 0 Å². The van der Waals surface area contributed by atoms with E-state index in [1.807, 2.05) is 6.07 Å². The fraction of sp³-hybridized carbons (Fsp3) is 0.750. The minimum atomic E-state index is 0.0207. The van der Waals surface area contributed by atoms with E-state index in [-0.39, 0.29) is 5.54 Å². The van der Waals surface area contributed by atoms with Gasteiger partial charge < -0.3 is 10.2 Å². The zero-order valence-electron chi connectivity index (χ0n) is 12.0. The molecule has 2 N–H and O–H groups in total. The molecular weight excluding hydrogens is 236 g/mol. The fourth-order valence-corrected chi connectivity index (χ4v) is 3.61. The smallest absolute Gasteiger partial charge is 0.117 e. The van der Waals surface area contributed by atoms with E-state index in [9.17, 15) is 0 Å². The molecule has 1 aromatic rings. The van der Waals surface area contributed by atoms with E-state index in [2.05, 4.69) is 17.9 Å². The molecule has 2 atom stereocenters. The highest BCUT2D eigenvalue weighted by Crippen LogP contribution is 2.35. The van der Waals surface area contributed by atoms with Crippen molar-refractivity contribution in [2.24, 2.45) is 11.7 Å². The lowest BCUT2D eigenvalue weighted by atomic mass is 9.76. The van der Waals surface area contributed by atoms with Crippen molar-refractivity contribution in [1.29, 1.82) is 0 Å². The second-order valence-corrected chi connectivity index (χ2v) is 6.78. The Kier molecular flexibility index (Phi) is 3.68. The molecule has 2 fully saturated rings. The van der Waals surface area contributed by atoms with Crippen molar-refractivity contribution in [3.05, 3.63) is 24.2 Å². The van der Waals surface area contributed by atoms with Gasteiger partial charge in [0.15, 0.2) is 0 Å². The van der Waals surface area contributed by atoms with Gasteiger partial charge in [0.05, 0.1) is 12.8 Å². The van der Waals surface area contributed by atoms with Gasteiger partial charge in [-0.2, -0.15) is 0 Å². The van der Waals surface area contributed by atoms with Gasteiger partial charge in [-0.25, -0.2) is 0 Å². The maximum absolute atomic E-state index is 6.67. The Labute approximate surface area is 116 Å². The average molecular weight is 262 g/mol. The van der Waals surface area contributed by atoms with Gasteiger partial charge in [-0.05, 0) is 43.7 Å². The van der Waals surface area contributed by atoms with Gasteiger partial charge in [-0.3, -0.25) is 4.90 Å². The Morgan fingerprint density at radius 1 is 1.42 bits per heavy atom. The number of rotatable bonds is 5. The molecule has 0 aliphatic heterocycles. The fourth-order valence-electron chi connectivity index (χ4n) is 3.61. The maximum atomic E-state index is 6.67. The van der Waals surface area contributed by atoms with Gasteiger partial charge >= 0.3 is 0 Å². The first-order chi connectivity index (χ1) is 9.15. The summed E-state index contributed by atoms with van der Waals surface area (Å²) in [6.45, 7) is 4.29. The number of furan rings is 1. The van der Waals surface area contributed by atoms with Gasteiger partial charge in [-0.15, -0.1) is 0 Å². The molecule has 3 nitrogen and oxygen atoms in total. The third kappa shape index (κ3) is 3.40. The molecule has 0 amide bonds. The number of hydrogen-bond donors (Lipinski definition) is 1. The summed E-state index contributed by atoms with van der Waals surface area (Å²) >= 11 is 0. The Hall–Kier alpha value is -0.800. The largest absolute Gasteiger partial charge is 0.468 e. The molecule has 2 saturated carbocycles. The van der Waals surface area contributed by atoms with Crippen LogP contribution in [0.2, 0.25) is 0 Å². The van der Waals surface area contributed by atoms with E-state index < -0.39 is 0 Å². The van der Waals surface area contributed by atoms with Crippen molar-refractivity contribution < 1.29 is 4.42 Å². The number of nitrogens with two attached hydrogens (primary N) is 1. The average Bonchev–Trinajstić information content (AvgIpc) is 3.07. The van der Waals surface area contributed by atoms with Gasteiger partial charge in [0, 0.05) is 18.1 Å². The van der Waals surface area contributed by atoms with Crippen LogP contribution in [0.25, 0.3) is 0 Å². The monoisotopic (exact) mass is 262 g/mol. The summed E-state index contributed by atoms with van der Waals surface area (Å²) in [5, 5.41) is 0. The zero-order chi connectivity index (χ0) is 13.3. The molecule has 0 saturated heterocycles. The van der Waals surface area contributed by atoms with Crippen LogP contribution in [0.3, 0.4) is 0 Å². The first kappa shape index (κ1) is 13.2. The Bertz CT molecular complexity index is 399. The maximum Gasteiger partial charge on any atom is 0.117 e. The second kappa shape index (κ2) is 5.29. The molecule has 106 valence electrons. The van der Waals surface area contributed by atoms with Crippen LogP contribution in [0.4, 0.5) is 0 Å². The lowest BCUT2D eigenvalue weighted by Gasteiger charge is -2.40. The molecule has 0 radical (unpaired) electrons. The molecule has 3 rings (SSSR count). The Morgan fingerprint density at radius 3 is 2.89 bits per heavy atom. The first-order valence-corrected chi connectivity index (χ1v) is 7.70. The molecule has 0 aromatic carbocycles. The van der Waals surface area contributed by atoms with Crippen molar-refractivity contribution in [2.45, 2.75) is 63.6 Å². The SMILES string of the molecule is CC1CCCC(N)(CN(Cc2ccco2)C2CC2)C1. The normalized spacial score (nSPS) is 31.8. The van der Waals surface area contributed by atoms with Crippen LogP contribution in [-0.4, -0.2) is 23.0 Å². The number of nitrogens with zero attached hydrogens (tertiary/aromatic N) is 1. The van der Waals surface area contributed by atoms with E-state index >= 15 is 0 Å². The van der Waals surface area contributed by atoms with Crippen LogP contribution in [0.5, 0.6) is 0 Å². The van der Waals surface area contributed by atoms with Crippen LogP contribution < -0.4 is 5.73 Å². The van der Waals surface area contributed by atoms with Crippen LogP contribution in [0.15, 0.2) is 22.8 Å². The Morgan fingerprint density at radius 2 is 2.26 bits per heavy atom. The molecule has 0 bridgehead atoms. The van der Waals surface area contributed by atoms with Crippen molar-refractivity contribution >= 4 is 0 Å². The van der Waals surface area contributed by atoms with Gasteiger partial charge in [0.1, 0.15) is 5.76 Å². The Balaban J connectivity index is 1.64. The molecule has 0 spiro atoms. The van der Waals surface area contributed by atoms with Crippen LogP contribution in [0.1, 0.15) is 51.2 Å². The third-order valence-corrected chi connectivity index (χ3v) is 4.65. The molecular formula is C16H26N2O. The van der Waals surface area contributed by atoms with Crippen molar-refractivity contribution in [3.63, 3.8) is 0 Å². The van der Waals surface area contributed by atoms with Gasteiger partial charge in [-0.1, -0.05) is 19.8 Å². The minimum absolute atomic E-state index is 0.0207. The highest BCUT2D eigenvalue weighted by Gasteiger charge is 2.37. The summed E-state index contributed by atoms with van der Waals surface area (Å²) in [6.07, 6.45) is 9.41. The highest BCUT2D eigenvalue weighted by atomic mass is 16.3. The topological polar surface area (TPSA) is 42.4 Å². The van der Waals surface area contributed by atoms with Crippen molar-refractivity contribution in [3.8, 4) is 0 Å². The third-order valence-electron chi connectivity index (χ3n) is 4.65. The standard InChI is InChI=1S/C16H26N2O/c1-13-4-2-8-16(17,10-13)12-18(14-6-7-14)11-15-5-3-9-19-15/h3,5,9,13-14H,2,4,6-8,10-12,17H2,1H3. The van der Waals surface area contributed by atoms with Gasteiger partial charge in [0.25, 0.3) is 0 Å². The van der Waals surface area contributed by atoms with Crippen LogP contribution in [0, 0.1) is 5.92 Å². The first-order valence-electron chi connectivity index (χ1n) is 7.70. The van der Waals surface area contributed by atoms with Crippen LogP contribution >= 0.6 is 0 Å². The zero-order valence-corrected chi connectivity index (χ0v) is 12.0. The molecule has 2 aliphatic rings.